The van der Waals surface area contributed by atoms with Gasteiger partial charge in [0, 0.05) is 23.6 Å². The summed E-state index contributed by atoms with van der Waals surface area (Å²) in [5.41, 5.74) is 2.12. The number of aromatic amines is 1. The van der Waals surface area contributed by atoms with E-state index in [-0.39, 0.29) is 6.61 Å². The Bertz CT molecular complexity index is 1170. The van der Waals surface area contributed by atoms with Crippen LogP contribution in [0.4, 0.5) is 0 Å². The Morgan fingerprint density at radius 2 is 1.83 bits per heavy atom. The first-order chi connectivity index (χ1) is 17.0. The molecule has 9 heteroatoms. The lowest BCUT2D eigenvalue weighted by atomic mass is 9.89. The van der Waals surface area contributed by atoms with Crippen LogP contribution < -0.4 is 14.2 Å². The van der Waals surface area contributed by atoms with Crippen molar-refractivity contribution < 1.29 is 33.6 Å². The maximum absolute atomic E-state index is 11.8. The number of methoxy groups -OCH3 is 2. The number of aliphatic carboxylic acids is 1. The van der Waals surface area contributed by atoms with E-state index in [4.69, 9.17) is 24.1 Å². The maximum Gasteiger partial charge on any atom is 0.417 e. The lowest BCUT2D eigenvalue weighted by Crippen LogP contribution is -2.43. The molecule has 0 radical (unpaired) electrons. The van der Waals surface area contributed by atoms with E-state index in [1.165, 1.54) is 5.56 Å². The van der Waals surface area contributed by atoms with Crippen LogP contribution in [-0.4, -0.2) is 73.5 Å². The van der Waals surface area contributed by atoms with Crippen molar-refractivity contribution in [3.05, 3.63) is 54.2 Å². The van der Waals surface area contributed by atoms with Gasteiger partial charge in [0.05, 0.1) is 14.2 Å². The summed E-state index contributed by atoms with van der Waals surface area (Å²) in [6.07, 6.45) is 2.93. The number of rotatable bonds is 9. The van der Waals surface area contributed by atoms with Crippen molar-refractivity contribution in [2.75, 3.05) is 40.5 Å². The van der Waals surface area contributed by atoms with Crippen molar-refractivity contribution in [2.45, 2.75) is 24.9 Å². The van der Waals surface area contributed by atoms with Crippen molar-refractivity contribution >= 4 is 22.8 Å². The summed E-state index contributed by atoms with van der Waals surface area (Å²) in [6.45, 7) is 2.01. The maximum atomic E-state index is 11.8. The number of hydrogen-bond donors (Lipinski definition) is 2. The Hall–Kier alpha value is -3.72. The highest BCUT2D eigenvalue weighted by Crippen LogP contribution is 2.35. The van der Waals surface area contributed by atoms with Gasteiger partial charge in [-0.15, -0.1) is 0 Å². The predicted octanol–water partition coefficient (Wildman–Crippen LogP) is 3.44. The molecule has 3 aromatic rings. The third-order valence-electron chi connectivity index (χ3n) is 6.36. The molecule has 1 fully saturated rings. The molecule has 1 aliphatic rings. The third kappa shape index (κ3) is 5.86. The zero-order valence-corrected chi connectivity index (χ0v) is 19.9. The number of carbonyl (C=O) groups excluding carboxylic acids is 1. The fourth-order valence-electron chi connectivity index (χ4n) is 4.53. The molecule has 0 unspecified atom stereocenters. The summed E-state index contributed by atoms with van der Waals surface area (Å²) in [4.78, 5) is 28.2. The molecule has 0 saturated carbocycles. The first kappa shape index (κ1) is 24.4. The van der Waals surface area contributed by atoms with Crippen LogP contribution >= 0.6 is 0 Å². The minimum atomic E-state index is -1.62. The van der Waals surface area contributed by atoms with Gasteiger partial charge in [-0.1, -0.05) is 12.1 Å². The van der Waals surface area contributed by atoms with E-state index in [1.54, 1.807) is 14.2 Å². The van der Waals surface area contributed by atoms with Crippen molar-refractivity contribution in [3.63, 3.8) is 0 Å². The highest BCUT2D eigenvalue weighted by Gasteiger charge is 2.27. The van der Waals surface area contributed by atoms with Crippen molar-refractivity contribution in [2.24, 2.45) is 0 Å². The highest BCUT2D eigenvalue weighted by molar-refractivity contribution is 6.28. The lowest BCUT2D eigenvalue weighted by molar-refractivity contribution is -0.169. The summed E-state index contributed by atoms with van der Waals surface area (Å²) in [7, 11) is 3.24. The number of nitrogens with zero attached hydrogens (tertiary/aromatic N) is 1. The number of piperidine rings is 1. The fraction of sp³-hybridized carbons (Fsp3) is 0.385. The second-order valence-electron chi connectivity index (χ2n) is 8.53. The minimum absolute atomic E-state index is 0.0545. The normalized spacial score (nSPS) is 15.5. The molecule has 35 heavy (non-hydrogen) atoms. The molecule has 2 aromatic carbocycles. The van der Waals surface area contributed by atoms with E-state index < -0.39 is 18.0 Å². The summed E-state index contributed by atoms with van der Waals surface area (Å²) in [5.74, 6) is -0.468. The van der Waals surface area contributed by atoms with Gasteiger partial charge in [0.25, 0.3) is 0 Å². The van der Waals surface area contributed by atoms with Crippen molar-refractivity contribution in [1.82, 2.24) is 9.88 Å². The molecule has 2 N–H and O–H groups in total. The number of ether oxygens (including phenoxy) is 4. The number of likely N-dealkylation sites (tertiary alicyclic amines) is 1. The van der Waals surface area contributed by atoms with E-state index in [1.807, 2.05) is 42.6 Å². The van der Waals surface area contributed by atoms with Crippen molar-refractivity contribution in [3.8, 4) is 17.2 Å². The van der Waals surface area contributed by atoms with E-state index in [0.29, 0.717) is 29.7 Å². The minimum Gasteiger partial charge on any atom is -0.493 e. The monoisotopic (exact) mass is 482 g/mol. The van der Waals surface area contributed by atoms with Crippen molar-refractivity contribution in [1.29, 1.82) is 0 Å². The Morgan fingerprint density at radius 1 is 1.06 bits per heavy atom. The van der Waals surface area contributed by atoms with Gasteiger partial charge in [0.1, 0.15) is 18.5 Å². The summed E-state index contributed by atoms with van der Waals surface area (Å²) < 4.78 is 22.0. The van der Waals surface area contributed by atoms with Crippen LogP contribution in [0.2, 0.25) is 0 Å². The van der Waals surface area contributed by atoms with Gasteiger partial charge in [-0.3, -0.25) is 4.90 Å². The van der Waals surface area contributed by atoms with Crippen LogP contribution in [-0.2, 0) is 14.3 Å². The van der Waals surface area contributed by atoms with E-state index in [0.717, 1.165) is 36.8 Å². The molecule has 9 nitrogen and oxygen atoms in total. The van der Waals surface area contributed by atoms with Gasteiger partial charge in [0.15, 0.2) is 11.5 Å². The topological polar surface area (TPSA) is 110 Å². The third-order valence-corrected chi connectivity index (χ3v) is 6.36. The molecule has 186 valence electrons. The number of esters is 1. The van der Waals surface area contributed by atoms with Crippen LogP contribution in [0.15, 0.2) is 48.7 Å². The Morgan fingerprint density at radius 3 is 2.54 bits per heavy atom. The fourth-order valence-corrected chi connectivity index (χ4v) is 4.53. The average Bonchev–Trinajstić information content (AvgIpc) is 3.37. The lowest BCUT2D eigenvalue weighted by Gasteiger charge is -2.34. The quantitative estimate of drug-likeness (QED) is 0.353. The van der Waals surface area contributed by atoms with Gasteiger partial charge in [-0.25, -0.2) is 9.59 Å². The molecule has 2 heterocycles. The number of H-pyrrole nitrogens is 1. The molecule has 0 spiro atoms. The first-order valence-electron chi connectivity index (χ1n) is 11.6. The molecule has 1 atom stereocenters. The number of carboxylic acid groups (broad SMARTS) is 1. The Labute approximate surface area is 203 Å². The molecule has 1 aliphatic heterocycles. The van der Waals surface area contributed by atoms with Crippen LogP contribution in [0.25, 0.3) is 10.9 Å². The molecular formula is C26H30N2O7. The zero-order valence-electron chi connectivity index (χ0n) is 19.9. The van der Waals surface area contributed by atoms with Crippen LogP contribution in [0.3, 0.4) is 0 Å². The highest BCUT2D eigenvalue weighted by atomic mass is 16.6. The van der Waals surface area contributed by atoms with Crippen LogP contribution in [0, 0.1) is 0 Å². The number of hydrogen-bond acceptors (Lipinski definition) is 7. The van der Waals surface area contributed by atoms with E-state index in [9.17, 15) is 9.59 Å². The van der Waals surface area contributed by atoms with E-state index >= 15 is 0 Å². The van der Waals surface area contributed by atoms with Gasteiger partial charge >= 0.3 is 11.9 Å². The summed E-state index contributed by atoms with van der Waals surface area (Å²) in [6, 6.07) is 13.5. The molecule has 4 rings (SSSR count). The molecule has 0 aliphatic carbocycles. The average molecular weight is 483 g/mol. The SMILES string of the molecule is COc1ccc(C2CCN(C[C@@H](COc3cccc4[nH]ccc34)OC(=O)C(=O)O)CC2)cc1OC. The largest absolute Gasteiger partial charge is 0.493 e. The second-order valence-corrected chi connectivity index (χ2v) is 8.53. The zero-order chi connectivity index (χ0) is 24.8. The Kier molecular flexibility index (Phi) is 7.77. The van der Waals surface area contributed by atoms with Crippen LogP contribution in [0.1, 0.15) is 24.3 Å². The summed E-state index contributed by atoms with van der Waals surface area (Å²) in [5, 5.41) is 9.93. The molecule has 1 aromatic heterocycles. The van der Waals surface area contributed by atoms with E-state index in [2.05, 4.69) is 16.0 Å². The molecule has 0 bridgehead atoms. The molecule has 1 saturated heterocycles. The standard InChI is InChI=1S/C26H30N2O7/c1-32-23-7-6-18(14-24(23)33-2)17-9-12-28(13-10-17)15-19(35-26(31)25(29)30)16-34-22-5-3-4-21-20(22)8-11-27-21/h3-8,11,14,17,19,27H,9-10,12-13,15-16H2,1-2H3,(H,29,30)/t19-/m0/s1. The summed E-state index contributed by atoms with van der Waals surface area (Å²) >= 11 is 0. The molecule has 0 amide bonds. The second kappa shape index (κ2) is 11.1. The number of fused-ring (bicyclic) bond motifs is 1. The van der Waals surface area contributed by atoms with Gasteiger partial charge in [0.2, 0.25) is 0 Å². The predicted molar refractivity (Wildman–Crippen MR) is 129 cm³/mol. The van der Waals surface area contributed by atoms with Gasteiger partial charge < -0.3 is 29.0 Å². The Balaban J connectivity index is 1.38. The van der Waals surface area contributed by atoms with Gasteiger partial charge in [-0.05, 0) is 67.7 Å². The van der Waals surface area contributed by atoms with Gasteiger partial charge in [-0.2, -0.15) is 0 Å². The number of carboxylic acids is 1. The first-order valence-corrected chi connectivity index (χ1v) is 11.6. The van der Waals surface area contributed by atoms with Crippen LogP contribution in [0.5, 0.6) is 17.2 Å². The number of benzene rings is 2. The molecular weight excluding hydrogens is 452 g/mol. The smallest absolute Gasteiger partial charge is 0.417 e. The number of carbonyl (C=O) groups is 2. The number of aromatic nitrogens is 1. The number of nitrogens with one attached hydrogen (secondary N) is 1.